The van der Waals surface area contributed by atoms with E-state index in [9.17, 15) is 0 Å². The lowest BCUT2D eigenvalue weighted by molar-refractivity contribution is 0.669. The van der Waals surface area contributed by atoms with Gasteiger partial charge in [0.1, 0.15) is 11.2 Å². The Morgan fingerprint density at radius 3 is 1.78 bits per heavy atom. The van der Waals surface area contributed by atoms with Crippen LogP contribution in [0.15, 0.2) is 217 Å². The summed E-state index contributed by atoms with van der Waals surface area (Å²) in [6.45, 7) is 0. The van der Waals surface area contributed by atoms with Gasteiger partial charge in [-0.3, -0.25) is 0 Å². The van der Waals surface area contributed by atoms with Crippen molar-refractivity contribution < 1.29 is 4.42 Å². The van der Waals surface area contributed by atoms with Crippen LogP contribution in [0.25, 0.3) is 97.0 Å². The SMILES string of the molecule is c1ccc(-c2ccc(N(c3ccc(-c4cccc5ccccc45)cc3)c3ccc4ccc(-c5cccc6c5sc5c6ccc6oc7ccccc7c65)cc4c3)cc2)cc1. The second kappa shape index (κ2) is 13.6. The van der Waals surface area contributed by atoms with E-state index in [0.29, 0.717) is 0 Å². The van der Waals surface area contributed by atoms with Gasteiger partial charge in [-0.1, -0.05) is 152 Å². The number of para-hydroxylation sites is 1. The molecule has 0 fully saturated rings. The average Bonchev–Trinajstić information content (AvgIpc) is 3.88. The van der Waals surface area contributed by atoms with Gasteiger partial charge in [0.25, 0.3) is 0 Å². The fourth-order valence-electron chi connectivity index (χ4n) is 8.98. The molecule has 10 aromatic carbocycles. The third-order valence-corrected chi connectivity index (χ3v) is 13.1. The van der Waals surface area contributed by atoms with Gasteiger partial charge in [0, 0.05) is 48.0 Å². The zero-order valence-corrected chi connectivity index (χ0v) is 32.8. The Morgan fingerprint density at radius 2 is 0.932 bits per heavy atom. The van der Waals surface area contributed by atoms with E-state index in [1.54, 1.807) is 0 Å². The van der Waals surface area contributed by atoms with Crippen LogP contribution in [0.3, 0.4) is 0 Å². The molecule has 0 saturated carbocycles. The van der Waals surface area contributed by atoms with E-state index in [2.05, 4.69) is 211 Å². The second-order valence-electron chi connectivity index (χ2n) is 15.3. The molecule has 59 heavy (non-hydrogen) atoms. The Bertz CT molecular complexity index is 3540. The molecule has 2 nitrogen and oxygen atoms in total. The van der Waals surface area contributed by atoms with Gasteiger partial charge in [0.15, 0.2) is 0 Å². The monoisotopic (exact) mass is 769 g/mol. The van der Waals surface area contributed by atoms with Crippen molar-refractivity contribution in [2.45, 2.75) is 0 Å². The highest BCUT2D eigenvalue weighted by atomic mass is 32.1. The predicted octanol–water partition coefficient (Wildman–Crippen LogP) is 16.7. The van der Waals surface area contributed by atoms with Gasteiger partial charge in [-0.25, -0.2) is 0 Å². The normalized spacial score (nSPS) is 11.7. The Labute approximate surface area is 345 Å². The molecular weight excluding hydrogens is 735 g/mol. The van der Waals surface area contributed by atoms with Gasteiger partial charge >= 0.3 is 0 Å². The summed E-state index contributed by atoms with van der Waals surface area (Å²) >= 11 is 1.87. The van der Waals surface area contributed by atoms with Gasteiger partial charge in [0.05, 0.1) is 0 Å². The summed E-state index contributed by atoms with van der Waals surface area (Å²) < 4.78 is 8.85. The van der Waals surface area contributed by atoms with Crippen molar-refractivity contribution in [3.05, 3.63) is 212 Å². The van der Waals surface area contributed by atoms with E-state index in [4.69, 9.17) is 4.42 Å². The summed E-state index contributed by atoms with van der Waals surface area (Å²) in [6.07, 6.45) is 0. The van der Waals surface area contributed by atoms with Crippen LogP contribution < -0.4 is 4.90 Å². The second-order valence-corrected chi connectivity index (χ2v) is 16.3. The van der Waals surface area contributed by atoms with E-state index in [1.807, 2.05) is 17.4 Å². The van der Waals surface area contributed by atoms with E-state index in [0.717, 1.165) is 28.2 Å². The van der Waals surface area contributed by atoms with Gasteiger partial charge in [-0.15, -0.1) is 11.3 Å². The molecule has 2 aromatic heterocycles. The molecule has 0 atom stereocenters. The van der Waals surface area contributed by atoms with Crippen molar-refractivity contribution in [1.29, 1.82) is 0 Å². The van der Waals surface area contributed by atoms with Crippen LogP contribution in [0.1, 0.15) is 0 Å². The van der Waals surface area contributed by atoms with E-state index >= 15 is 0 Å². The molecule has 0 aliphatic heterocycles. The molecule has 12 aromatic rings. The Balaban J connectivity index is 0.982. The maximum absolute atomic E-state index is 6.28. The van der Waals surface area contributed by atoms with Gasteiger partial charge in [-0.2, -0.15) is 0 Å². The number of furan rings is 1. The minimum absolute atomic E-state index is 0.931. The zero-order valence-electron chi connectivity index (χ0n) is 32.0. The summed E-state index contributed by atoms with van der Waals surface area (Å²) in [6, 6.07) is 76.9. The number of rotatable bonds is 6. The quantitative estimate of drug-likeness (QED) is 0.167. The molecule has 0 unspecified atom stereocenters. The van der Waals surface area contributed by atoms with Crippen LogP contribution >= 0.6 is 11.3 Å². The third kappa shape index (κ3) is 5.62. The molecule has 0 aliphatic carbocycles. The Kier molecular flexibility index (Phi) is 7.75. The number of thiophene rings is 1. The lowest BCUT2D eigenvalue weighted by Crippen LogP contribution is -2.09. The lowest BCUT2D eigenvalue weighted by Gasteiger charge is -2.26. The highest BCUT2D eigenvalue weighted by Crippen LogP contribution is 2.46. The highest BCUT2D eigenvalue weighted by Gasteiger charge is 2.18. The molecule has 276 valence electrons. The molecule has 0 radical (unpaired) electrons. The van der Waals surface area contributed by atoms with Crippen LogP contribution in [-0.2, 0) is 0 Å². The smallest absolute Gasteiger partial charge is 0.136 e. The first-order valence-corrected chi connectivity index (χ1v) is 20.9. The number of anilines is 3. The first-order valence-electron chi connectivity index (χ1n) is 20.1. The largest absolute Gasteiger partial charge is 0.456 e. The van der Waals surface area contributed by atoms with Crippen LogP contribution in [0, 0.1) is 0 Å². The first-order chi connectivity index (χ1) is 29.2. The summed E-state index contributed by atoms with van der Waals surface area (Å²) in [4.78, 5) is 2.38. The van der Waals surface area contributed by atoms with E-state index in [-0.39, 0.29) is 0 Å². The fourth-order valence-corrected chi connectivity index (χ4v) is 10.4. The topological polar surface area (TPSA) is 16.4 Å². The molecule has 0 aliphatic rings. The lowest BCUT2D eigenvalue weighted by atomic mass is 9.97. The number of fused-ring (bicyclic) bond motifs is 9. The van der Waals surface area contributed by atoms with Crippen LogP contribution in [0.4, 0.5) is 17.1 Å². The van der Waals surface area contributed by atoms with Crippen molar-refractivity contribution in [1.82, 2.24) is 0 Å². The standard InChI is InChI=1S/C56H35NOS/c1-2-10-36(11-3-1)37-22-27-43(28-23-37)57(44-29-25-40(26-30-44)47-16-8-13-39-12-4-5-14-46(39)47)45-31-24-38-20-21-41(34-42(38)35-45)48-17-9-18-49-50-32-33-53-54(56(50)59-55(48)49)51-15-6-7-19-52(51)58-53/h1-35H. The first kappa shape index (κ1) is 33.7. The number of hydrogen-bond donors (Lipinski definition) is 0. The molecule has 0 amide bonds. The molecular formula is C56H35NOS. The summed E-state index contributed by atoms with van der Waals surface area (Å²) in [5.41, 5.74) is 12.5. The molecule has 0 spiro atoms. The summed E-state index contributed by atoms with van der Waals surface area (Å²) in [5.74, 6) is 0. The number of benzene rings is 10. The molecule has 0 N–H and O–H groups in total. The van der Waals surface area contributed by atoms with Crippen molar-refractivity contribution in [2.24, 2.45) is 0 Å². The minimum atomic E-state index is 0.931. The molecule has 12 rings (SSSR count). The van der Waals surface area contributed by atoms with Crippen molar-refractivity contribution >= 4 is 92.1 Å². The van der Waals surface area contributed by atoms with Gasteiger partial charge in [-0.05, 0) is 116 Å². The molecule has 0 bridgehead atoms. The maximum atomic E-state index is 6.28. The summed E-state index contributed by atoms with van der Waals surface area (Å²) in [7, 11) is 0. The predicted molar refractivity (Wildman–Crippen MR) is 253 cm³/mol. The van der Waals surface area contributed by atoms with Crippen molar-refractivity contribution in [3.63, 3.8) is 0 Å². The molecule has 0 saturated heterocycles. The van der Waals surface area contributed by atoms with Crippen molar-refractivity contribution in [2.75, 3.05) is 4.90 Å². The Hall–Kier alpha value is -7.46. The van der Waals surface area contributed by atoms with E-state index < -0.39 is 0 Å². The number of nitrogens with zero attached hydrogens (tertiary/aromatic N) is 1. The molecule has 2 heterocycles. The minimum Gasteiger partial charge on any atom is -0.456 e. The number of hydrogen-bond acceptors (Lipinski definition) is 3. The molecule has 3 heteroatoms. The summed E-state index contributed by atoms with van der Waals surface area (Å²) in [5, 5.41) is 9.83. The van der Waals surface area contributed by atoms with E-state index in [1.165, 1.54) is 85.9 Å². The maximum Gasteiger partial charge on any atom is 0.136 e. The van der Waals surface area contributed by atoms with Crippen LogP contribution in [-0.4, -0.2) is 0 Å². The van der Waals surface area contributed by atoms with Gasteiger partial charge in [0.2, 0.25) is 0 Å². The highest BCUT2D eigenvalue weighted by molar-refractivity contribution is 7.27. The fraction of sp³-hybridized carbons (Fsp3) is 0. The third-order valence-electron chi connectivity index (χ3n) is 11.9. The zero-order chi connectivity index (χ0) is 38.9. The Morgan fingerprint density at radius 1 is 0.322 bits per heavy atom. The average molecular weight is 770 g/mol. The van der Waals surface area contributed by atoms with Gasteiger partial charge < -0.3 is 9.32 Å². The van der Waals surface area contributed by atoms with Crippen LogP contribution in [0.5, 0.6) is 0 Å². The van der Waals surface area contributed by atoms with Crippen molar-refractivity contribution in [3.8, 4) is 33.4 Å². The van der Waals surface area contributed by atoms with Crippen LogP contribution in [0.2, 0.25) is 0 Å².